The molecule has 0 unspecified atom stereocenters. The fourth-order valence-corrected chi connectivity index (χ4v) is 1.43. The fraction of sp³-hybridized carbons (Fsp3) is 0.636. The van der Waals surface area contributed by atoms with E-state index < -0.39 is 0 Å². The molecule has 1 rings (SSSR count). The highest BCUT2D eigenvalue weighted by molar-refractivity contribution is 5.76. The smallest absolute Gasteiger partial charge is 0.221 e. The molecule has 6 heteroatoms. The minimum Gasteiger partial charge on any atom is -0.481 e. The molecule has 0 saturated carbocycles. The van der Waals surface area contributed by atoms with E-state index in [0.717, 1.165) is 0 Å². The van der Waals surface area contributed by atoms with Crippen LogP contribution in [-0.2, 0) is 11.8 Å². The first-order valence-electron chi connectivity index (χ1n) is 5.64. The number of nitrogens with zero attached hydrogens (tertiary/aromatic N) is 2. The molecule has 0 saturated heterocycles. The molecule has 2 N–H and O–H groups in total. The third-order valence-corrected chi connectivity index (χ3v) is 2.15. The van der Waals surface area contributed by atoms with Crippen molar-refractivity contribution in [1.29, 1.82) is 0 Å². The van der Waals surface area contributed by atoms with Crippen LogP contribution in [-0.4, -0.2) is 35.4 Å². The first-order valence-corrected chi connectivity index (χ1v) is 5.64. The van der Waals surface area contributed by atoms with Crippen LogP contribution in [0.3, 0.4) is 0 Å². The third-order valence-electron chi connectivity index (χ3n) is 2.15. The van der Waals surface area contributed by atoms with Gasteiger partial charge in [-0.2, -0.15) is 5.10 Å². The average molecular weight is 240 g/mol. The van der Waals surface area contributed by atoms with Crippen molar-refractivity contribution >= 4 is 11.7 Å². The van der Waals surface area contributed by atoms with Gasteiger partial charge in [-0.1, -0.05) is 0 Å². The van der Waals surface area contributed by atoms with Crippen molar-refractivity contribution < 1.29 is 9.53 Å². The fourth-order valence-electron chi connectivity index (χ4n) is 1.43. The number of ether oxygens (including phenoxy) is 1. The lowest BCUT2D eigenvalue weighted by Crippen LogP contribution is -2.31. The number of carbonyl (C=O) groups excluding carboxylic acids is 1. The summed E-state index contributed by atoms with van der Waals surface area (Å²) < 4.78 is 6.72. The summed E-state index contributed by atoms with van der Waals surface area (Å²) in [6.07, 6.45) is 0.428. The summed E-state index contributed by atoms with van der Waals surface area (Å²) in [7, 11) is 3.40. The highest BCUT2D eigenvalue weighted by atomic mass is 16.5. The molecule has 6 nitrogen and oxygen atoms in total. The second kappa shape index (κ2) is 6.12. The summed E-state index contributed by atoms with van der Waals surface area (Å²) in [5.74, 6) is 1.43. The monoisotopic (exact) mass is 240 g/mol. The van der Waals surface area contributed by atoms with E-state index in [2.05, 4.69) is 15.7 Å². The molecule has 0 spiro atoms. The molecule has 0 radical (unpaired) electrons. The van der Waals surface area contributed by atoms with Crippen molar-refractivity contribution in [3.8, 4) is 5.88 Å². The highest BCUT2D eigenvalue weighted by Crippen LogP contribution is 2.14. The molecule has 0 atom stereocenters. The van der Waals surface area contributed by atoms with Gasteiger partial charge in [0.05, 0.1) is 7.11 Å². The van der Waals surface area contributed by atoms with Crippen LogP contribution in [0.25, 0.3) is 0 Å². The molecule has 1 aromatic heterocycles. The third kappa shape index (κ3) is 4.34. The number of anilines is 1. The number of methoxy groups -OCH3 is 1. The minimum atomic E-state index is 0.0374. The van der Waals surface area contributed by atoms with Crippen molar-refractivity contribution in [2.45, 2.75) is 26.3 Å². The van der Waals surface area contributed by atoms with Crippen LogP contribution in [0.15, 0.2) is 6.07 Å². The molecule has 1 amide bonds. The summed E-state index contributed by atoms with van der Waals surface area (Å²) in [4.78, 5) is 11.4. The van der Waals surface area contributed by atoms with Crippen LogP contribution in [0, 0.1) is 0 Å². The van der Waals surface area contributed by atoms with Crippen molar-refractivity contribution in [3.05, 3.63) is 6.07 Å². The van der Waals surface area contributed by atoms with Crippen LogP contribution in [0.4, 0.5) is 5.82 Å². The predicted molar refractivity (Wildman–Crippen MR) is 66.1 cm³/mol. The topological polar surface area (TPSA) is 68.2 Å². The number of hydrogen-bond acceptors (Lipinski definition) is 4. The van der Waals surface area contributed by atoms with Gasteiger partial charge in [-0.25, -0.2) is 4.68 Å². The standard InChI is InChI=1S/C11H20N4O2/c1-8(2)13-10(16)5-6-12-9-7-11(17-4)15(3)14-9/h7-8H,5-6H2,1-4H3,(H,12,14)(H,13,16). The van der Waals surface area contributed by atoms with Crippen LogP contribution in [0.5, 0.6) is 5.88 Å². The van der Waals surface area contributed by atoms with Crippen molar-refractivity contribution in [3.63, 3.8) is 0 Å². The molecule has 17 heavy (non-hydrogen) atoms. The van der Waals surface area contributed by atoms with Crippen molar-refractivity contribution in [1.82, 2.24) is 15.1 Å². The van der Waals surface area contributed by atoms with Crippen LogP contribution in [0.2, 0.25) is 0 Å². The van der Waals surface area contributed by atoms with Gasteiger partial charge in [-0.15, -0.1) is 0 Å². The maximum absolute atomic E-state index is 11.4. The van der Waals surface area contributed by atoms with Gasteiger partial charge in [-0.05, 0) is 13.8 Å². The second-order valence-electron chi connectivity index (χ2n) is 4.09. The van der Waals surface area contributed by atoms with E-state index in [1.165, 1.54) is 0 Å². The molecular formula is C11H20N4O2. The Kier molecular flexibility index (Phi) is 4.81. The predicted octanol–water partition coefficient (Wildman–Crippen LogP) is 0.755. The number of aryl methyl sites for hydroxylation is 1. The quantitative estimate of drug-likeness (QED) is 0.770. The first kappa shape index (κ1) is 13.3. The van der Waals surface area contributed by atoms with Gasteiger partial charge in [-0.3, -0.25) is 4.79 Å². The normalized spacial score (nSPS) is 10.4. The van der Waals surface area contributed by atoms with Gasteiger partial charge in [0.15, 0.2) is 5.82 Å². The number of aromatic nitrogens is 2. The Morgan fingerprint density at radius 2 is 2.29 bits per heavy atom. The molecule has 0 aromatic carbocycles. The van der Waals surface area contributed by atoms with E-state index in [1.54, 1.807) is 24.9 Å². The summed E-state index contributed by atoms with van der Waals surface area (Å²) in [5.41, 5.74) is 0. The first-order chi connectivity index (χ1) is 8.02. The maximum atomic E-state index is 11.4. The zero-order chi connectivity index (χ0) is 12.8. The highest BCUT2D eigenvalue weighted by Gasteiger charge is 2.06. The minimum absolute atomic E-state index is 0.0374. The summed E-state index contributed by atoms with van der Waals surface area (Å²) in [5, 5.41) is 10.1. The Balaban J connectivity index is 2.33. The van der Waals surface area contributed by atoms with Crippen molar-refractivity contribution in [2.75, 3.05) is 19.0 Å². The Morgan fingerprint density at radius 1 is 1.59 bits per heavy atom. The number of rotatable bonds is 6. The molecule has 1 aromatic rings. The van der Waals surface area contributed by atoms with Gasteiger partial charge in [0, 0.05) is 32.1 Å². The number of amides is 1. The van der Waals surface area contributed by atoms with Gasteiger partial charge in [0.1, 0.15) is 0 Å². The van der Waals surface area contributed by atoms with E-state index in [0.29, 0.717) is 24.7 Å². The average Bonchev–Trinajstić information content (AvgIpc) is 2.57. The summed E-state index contributed by atoms with van der Waals surface area (Å²) in [6, 6.07) is 1.97. The molecule has 0 bridgehead atoms. The van der Waals surface area contributed by atoms with Crippen LogP contribution < -0.4 is 15.4 Å². The van der Waals surface area contributed by atoms with Crippen LogP contribution >= 0.6 is 0 Å². The second-order valence-corrected chi connectivity index (χ2v) is 4.09. The molecule has 0 aliphatic heterocycles. The molecule has 1 heterocycles. The lowest BCUT2D eigenvalue weighted by molar-refractivity contribution is -0.121. The lowest BCUT2D eigenvalue weighted by atomic mass is 10.3. The zero-order valence-corrected chi connectivity index (χ0v) is 10.8. The Labute approximate surface area is 101 Å². The zero-order valence-electron chi connectivity index (χ0n) is 10.8. The van der Waals surface area contributed by atoms with Gasteiger partial charge in [0.2, 0.25) is 11.8 Å². The Morgan fingerprint density at radius 3 is 2.82 bits per heavy atom. The van der Waals surface area contributed by atoms with E-state index >= 15 is 0 Å². The van der Waals surface area contributed by atoms with E-state index in [9.17, 15) is 4.79 Å². The van der Waals surface area contributed by atoms with Gasteiger partial charge in [0.25, 0.3) is 0 Å². The molecule has 0 fully saturated rings. The maximum Gasteiger partial charge on any atom is 0.221 e. The Hall–Kier alpha value is -1.72. The van der Waals surface area contributed by atoms with Crippen LogP contribution in [0.1, 0.15) is 20.3 Å². The van der Waals surface area contributed by atoms with E-state index in [-0.39, 0.29) is 11.9 Å². The summed E-state index contributed by atoms with van der Waals surface area (Å²) >= 11 is 0. The SMILES string of the molecule is COc1cc(NCCC(=O)NC(C)C)nn1C. The lowest BCUT2D eigenvalue weighted by Gasteiger charge is -2.08. The number of carbonyl (C=O) groups is 1. The summed E-state index contributed by atoms with van der Waals surface area (Å²) in [6.45, 7) is 4.43. The van der Waals surface area contributed by atoms with Crippen molar-refractivity contribution in [2.24, 2.45) is 7.05 Å². The van der Waals surface area contributed by atoms with E-state index in [4.69, 9.17) is 4.74 Å². The van der Waals surface area contributed by atoms with Gasteiger partial charge < -0.3 is 15.4 Å². The molecule has 0 aliphatic carbocycles. The van der Waals surface area contributed by atoms with E-state index in [1.807, 2.05) is 13.8 Å². The Bertz CT molecular complexity index is 374. The molecule has 96 valence electrons. The van der Waals surface area contributed by atoms with Gasteiger partial charge >= 0.3 is 0 Å². The largest absolute Gasteiger partial charge is 0.481 e. The molecular weight excluding hydrogens is 220 g/mol. The number of nitrogens with one attached hydrogen (secondary N) is 2. The number of hydrogen-bond donors (Lipinski definition) is 2. The molecule has 0 aliphatic rings.